The molecule has 0 saturated heterocycles. The van der Waals surface area contributed by atoms with Crippen molar-refractivity contribution in [2.24, 2.45) is 4.99 Å². The van der Waals surface area contributed by atoms with Crippen LogP contribution in [0.5, 0.6) is 5.75 Å². The van der Waals surface area contributed by atoms with Crippen LogP contribution in [-0.4, -0.2) is 47.1 Å². The van der Waals surface area contributed by atoms with E-state index in [2.05, 4.69) is 15.3 Å². The fourth-order valence-corrected chi connectivity index (χ4v) is 2.73. The number of nitrogens with two attached hydrogens (primary N) is 1. The Morgan fingerprint density at radius 3 is 2.60 bits per heavy atom. The number of nitrogens with one attached hydrogen (secondary N) is 1. The van der Waals surface area contributed by atoms with E-state index in [1.165, 1.54) is 19.2 Å². The van der Waals surface area contributed by atoms with Gasteiger partial charge in [-0.05, 0) is 37.3 Å². The number of aliphatic hydroxyl groups is 1. The Balaban J connectivity index is 2.21. The highest BCUT2D eigenvalue weighted by molar-refractivity contribution is 6.46. The van der Waals surface area contributed by atoms with Gasteiger partial charge in [-0.25, -0.2) is 0 Å². The third-order valence-electron chi connectivity index (χ3n) is 4.19. The van der Waals surface area contributed by atoms with E-state index < -0.39 is 30.7 Å². The molecule has 2 aromatic rings. The third-order valence-corrected chi connectivity index (χ3v) is 4.19. The fourth-order valence-electron chi connectivity index (χ4n) is 2.73. The zero-order valence-corrected chi connectivity index (χ0v) is 16.5. The number of anilines is 1. The highest BCUT2D eigenvalue weighted by Gasteiger charge is 2.40. The summed E-state index contributed by atoms with van der Waals surface area (Å²) in [5.74, 6) is -0.522. The van der Waals surface area contributed by atoms with Crippen molar-refractivity contribution in [3.63, 3.8) is 0 Å². The fraction of sp³-hybridized carbons (Fsp3) is 0.350. The minimum Gasteiger partial charge on any atom is -0.487 e. The van der Waals surface area contributed by atoms with Gasteiger partial charge in [0, 0.05) is 24.5 Å². The van der Waals surface area contributed by atoms with Gasteiger partial charge < -0.3 is 20.9 Å². The summed E-state index contributed by atoms with van der Waals surface area (Å²) in [7, 11) is 1.32. The van der Waals surface area contributed by atoms with Crippen molar-refractivity contribution in [1.29, 1.82) is 0 Å². The molecule has 1 atom stereocenters. The maximum Gasteiger partial charge on any atom is 0.391 e. The first-order valence-electron chi connectivity index (χ1n) is 8.96. The van der Waals surface area contributed by atoms with Crippen molar-refractivity contribution in [3.8, 4) is 5.75 Å². The van der Waals surface area contributed by atoms with Crippen LogP contribution in [-0.2, 0) is 11.4 Å². The lowest BCUT2D eigenvalue weighted by Gasteiger charge is -2.30. The number of amides is 1. The zero-order valence-electron chi connectivity index (χ0n) is 16.5. The maximum absolute atomic E-state index is 12.8. The smallest absolute Gasteiger partial charge is 0.391 e. The molecule has 0 fully saturated rings. The van der Waals surface area contributed by atoms with E-state index in [1.807, 2.05) is 6.07 Å². The number of hydrogen-bond donors (Lipinski definition) is 3. The summed E-state index contributed by atoms with van der Waals surface area (Å²) >= 11 is 0. The summed E-state index contributed by atoms with van der Waals surface area (Å²) in [4.78, 5) is 20.7. The summed E-state index contributed by atoms with van der Waals surface area (Å²) in [5, 5.41) is 11.6. The largest absolute Gasteiger partial charge is 0.487 e. The second-order valence-corrected chi connectivity index (χ2v) is 6.90. The number of nitrogens with zero attached hydrogens (tertiary/aromatic N) is 2. The molecule has 0 bridgehead atoms. The highest BCUT2D eigenvalue weighted by Crippen LogP contribution is 2.28. The van der Waals surface area contributed by atoms with Gasteiger partial charge in [0.25, 0.3) is 5.91 Å². The van der Waals surface area contributed by atoms with Crippen LogP contribution in [0.25, 0.3) is 0 Å². The van der Waals surface area contributed by atoms with E-state index >= 15 is 0 Å². The van der Waals surface area contributed by atoms with Gasteiger partial charge in [-0.3, -0.25) is 14.8 Å². The third kappa shape index (κ3) is 6.45. The lowest BCUT2D eigenvalue weighted by molar-refractivity contribution is -0.154. The van der Waals surface area contributed by atoms with Crippen molar-refractivity contribution in [3.05, 3.63) is 53.9 Å². The lowest BCUT2D eigenvalue weighted by Crippen LogP contribution is -2.53. The SMILES string of the molecule is CN=C(C(=O)NC(C)(CO)CC(F)(F)F)c1cc(OCc2ccccn2)ccc1N. The molecule has 4 N–H and O–H groups in total. The molecule has 1 heterocycles. The number of aliphatic imine (C=N–C) groups is 1. The number of halogens is 3. The number of hydrogen-bond acceptors (Lipinski definition) is 6. The molecular weight excluding hydrogens is 401 g/mol. The number of alkyl halides is 3. The number of nitrogen functional groups attached to an aromatic ring is 1. The van der Waals surface area contributed by atoms with Crippen LogP contribution in [0.15, 0.2) is 47.6 Å². The predicted octanol–water partition coefficient (Wildman–Crippen LogP) is 2.48. The first-order valence-corrected chi connectivity index (χ1v) is 8.96. The maximum atomic E-state index is 12.8. The molecule has 10 heteroatoms. The molecule has 0 aliphatic carbocycles. The summed E-state index contributed by atoms with van der Waals surface area (Å²) in [6.07, 6.45) is -4.35. The summed E-state index contributed by atoms with van der Waals surface area (Å²) in [6.45, 7) is 0.364. The summed E-state index contributed by atoms with van der Waals surface area (Å²) < 4.78 is 44.1. The molecule has 0 spiro atoms. The lowest BCUT2D eigenvalue weighted by atomic mass is 9.97. The van der Waals surface area contributed by atoms with Gasteiger partial charge in [0.15, 0.2) is 0 Å². The molecule has 0 aliphatic rings. The van der Waals surface area contributed by atoms with Crippen molar-refractivity contribution in [2.45, 2.75) is 31.7 Å². The van der Waals surface area contributed by atoms with Gasteiger partial charge in [-0.1, -0.05) is 6.07 Å². The van der Waals surface area contributed by atoms with E-state index in [1.54, 1.807) is 24.4 Å². The average Bonchev–Trinajstić information content (AvgIpc) is 2.68. The van der Waals surface area contributed by atoms with Crippen LogP contribution in [0.4, 0.5) is 18.9 Å². The summed E-state index contributed by atoms with van der Waals surface area (Å²) in [5.41, 5.74) is 4.93. The molecular formula is C20H23F3N4O3. The number of ether oxygens (including phenoxy) is 1. The Bertz CT molecular complexity index is 904. The summed E-state index contributed by atoms with van der Waals surface area (Å²) in [6, 6.07) is 9.93. The predicted molar refractivity (Wildman–Crippen MR) is 106 cm³/mol. The number of aromatic nitrogens is 1. The molecule has 0 aliphatic heterocycles. The normalized spacial score (nSPS) is 14.1. The topological polar surface area (TPSA) is 110 Å². The van der Waals surface area contributed by atoms with Crippen LogP contribution in [0.1, 0.15) is 24.6 Å². The number of rotatable bonds is 8. The van der Waals surface area contributed by atoms with E-state index in [0.29, 0.717) is 11.4 Å². The van der Waals surface area contributed by atoms with Crippen molar-refractivity contribution < 1.29 is 27.8 Å². The Morgan fingerprint density at radius 2 is 2.03 bits per heavy atom. The first-order chi connectivity index (χ1) is 14.1. The van der Waals surface area contributed by atoms with E-state index in [-0.39, 0.29) is 23.6 Å². The molecule has 1 aromatic heterocycles. The van der Waals surface area contributed by atoms with Crippen LogP contribution >= 0.6 is 0 Å². The molecule has 162 valence electrons. The standard InChI is InChI=1S/C20H23F3N4O3/c1-19(12-28,11-20(21,22)23)27-18(29)17(25-2)15-9-14(6-7-16(15)24)30-10-13-5-3-4-8-26-13/h3-9,28H,10-12,24H2,1-2H3,(H,27,29). The quantitative estimate of drug-likeness (QED) is 0.446. The number of pyridine rings is 1. The Morgan fingerprint density at radius 1 is 1.30 bits per heavy atom. The van der Waals surface area contributed by atoms with Crippen LogP contribution in [0.3, 0.4) is 0 Å². The molecule has 1 amide bonds. The molecule has 30 heavy (non-hydrogen) atoms. The number of carbonyl (C=O) groups is 1. The minimum absolute atomic E-state index is 0.170. The second kappa shape index (κ2) is 9.57. The molecule has 1 aromatic carbocycles. The van der Waals surface area contributed by atoms with E-state index in [9.17, 15) is 23.1 Å². The number of aliphatic hydroxyl groups excluding tert-OH is 1. The molecule has 1 unspecified atom stereocenters. The first kappa shape index (κ1) is 23.1. The van der Waals surface area contributed by atoms with E-state index in [4.69, 9.17) is 10.5 Å². The molecule has 7 nitrogen and oxygen atoms in total. The second-order valence-electron chi connectivity index (χ2n) is 6.90. The molecule has 0 radical (unpaired) electrons. The van der Waals surface area contributed by atoms with Gasteiger partial charge in [0.2, 0.25) is 0 Å². The van der Waals surface area contributed by atoms with Gasteiger partial charge in [0.05, 0.1) is 24.3 Å². The monoisotopic (exact) mass is 424 g/mol. The van der Waals surface area contributed by atoms with Crippen molar-refractivity contribution >= 4 is 17.3 Å². The Labute approximate surface area is 171 Å². The van der Waals surface area contributed by atoms with Gasteiger partial charge in [0.1, 0.15) is 18.1 Å². The number of carbonyl (C=O) groups excluding carboxylic acids is 1. The van der Waals surface area contributed by atoms with Crippen molar-refractivity contribution in [1.82, 2.24) is 10.3 Å². The van der Waals surface area contributed by atoms with Crippen LogP contribution in [0.2, 0.25) is 0 Å². The van der Waals surface area contributed by atoms with E-state index in [0.717, 1.165) is 6.92 Å². The minimum atomic E-state index is -4.58. The van der Waals surface area contributed by atoms with Crippen LogP contribution < -0.4 is 15.8 Å². The van der Waals surface area contributed by atoms with Gasteiger partial charge in [-0.2, -0.15) is 13.2 Å². The Kier molecular flexibility index (Phi) is 7.38. The molecule has 0 saturated carbocycles. The average molecular weight is 424 g/mol. The zero-order chi connectivity index (χ0) is 22.4. The highest BCUT2D eigenvalue weighted by atomic mass is 19.4. The van der Waals surface area contributed by atoms with Gasteiger partial charge in [-0.15, -0.1) is 0 Å². The van der Waals surface area contributed by atoms with Gasteiger partial charge >= 0.3 is 6.18 Å². The molecule has 2 rings (SSSR count). The number of benzene rings is 1. The Hall–Kier alpha value is -3.14. The van der Waals surface area contributed by atoms with Crippen LogP contribution in [0, 0.1) is 0 Å². The van der Waals surface area contributed by atoms with Crippen molar-refractivity contribution in [2.75, 3.05) is 19.4 Å².